The minimum Gasteiger partial charge on any atom is -0.396 e. The van der Waals surface area contributed by atoms with Crippen molar-refractivity contribution in [2.45, 2.75) is 13.0 Å². The van der Waals surface area contributed by atoms with E-state index in [2.05, 4.69) is 40.1 Å². The molecule has 21 heavy (non-hydrogen) atoms. The summed E-state index contributed by atoms with van der Waals surface area (Å²) in [5.74, 6) is 0. The number of nitrogens with zero attached hydrogens (tertiary/aromatic N) is 2. The maximum Gasteiger partial charge on any atom is 0.0557 e. The number of rotatable bonds is 5. The topological polar surface area (TPSA) is 35.9 Å². The molecule has 4 heteroatoms. The van der Waals surface area contributed by atoms with E-state index in [4.69, 9.17) is 4.74 Å². The molecule has 116 valence electrons. The molecule has 1 aromatic carbocycles. The average molecular weight is 290 g/mol. The molecule has 2 heterocycles. The third-order valence-corrected chi connectivity index (χ3v) is 4.79. The molecule has 2 aliphatic heterocycles. The van der Waals surface area contributed by atoms with Gasteiger partial charge in [0.2, 0.25) is 0 Å². The highest BCUT2D eigenvalue weighted by atomic mass is 16.5. The number of ether oxygens (including phenoxy) is 1. The van der Waals surface area contributed by atoms with Crippen molar-refractivity contribution in [3.63, 3.8) is 0 Å². The van der Waals surface area contributed by atoms with Gasteiger partial charge in [-0.3, -0.25) is 4.90 Å². The molecule has 1 aromatic rings. The molecular formula is C17H26N2O2. The fraction of sp³-hybridized carbons (Fsp3) is 0.647. The van der Waals surface area contributed by atoms with Gasteiger partial charge in [-0.05, 0) is 12.0 Å². The zero-order chi connectivity index (χ0) is 14.5. The lowest BCUT2D eigenvalue weighted by atomic mass is 9.87. The van der Waals surface area contributed by atoms with Crippen molar-refractivity contribution >= 4 is 0 Å². The Morgan fingerprint density at radius 2 is 1.76 bits per heavy atom. The minimum atomic E-state index is -0.0123. The Morgan fingerprint density at radius 3 is 2.38 bits per heavy atom. The van der Waals surface area contributed by atoms with Crippen LogP contribution in [0.15, 0.2) is 30.3 Å². The molecule has 0 spiro atoms. The minimum absolute atomic E-state index is 0.0123. The first-order valence-electron chi connectivity index (χ1n) is 7.97. The lowest BCUT2D eigenvalue weighted by Crippen LogP contribution is -2.50. The molecule has 1 N–H and O–H groups in total. The van der Waals surface area contributed by atoms with Crippen molar-refractivity contribution in [1.82, 2.24) is 9.80 Å². The Morgan fingerprint density at radius 1 is 1.05 bits per heavy atom. The first kappa shape index (κ1) is 15.0. The third-order valence-electron chi connectivity index (χ3n) is 4.79. The molecule has 0 amide bonds. The lowest BCUT2D eigenvalue weighted by molar-refractivity contribution is 0.0350. The van der Waals surface area contributed by atoms with E-state index in [0.29, 0.717) is 6.61 Å². The number of aliphatic hydroxyl groups is 1. The summed E-state index contributed by atoms with van der Waals surface area (Å²) in [7, 11) is 0. The van der Waals surface area contributed by atoms with E-state index in [1.54, 1.807) is 0 Å². The fourth-order valence-corrected chi connectivity index (χ4v) is 3.37. The molecule has 1 atom stereocenters. The summed E-state index contributed by atoms with van der Waals surface area (Å²) in [6, 6.07) is 10.7. The van der Waals surface area contributed by atoms with Crippen LogP contribution in [0.25, 0.3) is 0 Å². The van der Waals surface area contributed by atoms with Gasteiger partial charge in [-0.1, -0.05) is 30.3 Å². The Labute approximate surface area is 127 Å². The number of piperazine rings is 1. The van der Waals surface area contributed by atoms with Gasteiger partial charge >= 0.3 is 0 Å². The monoisotopic (exact) mass is 290 g/mol. The van der Waals surface area contributed by atoms with Gasteiger partial charge in [0.1, 0.15) is 0 Å². The lowest BCUT2D eigenvalue weighted by Gasteiger charge is -2.39. The highest BCUT2D eigenvalue weighted by Gasteiger charge is 2.36. The van der Waals surface area contributed by atoms with Gasteiger partial charge in [-0.25, -0.2) is 0 Å². The highest BCUT2D eigenvalue weighted by Crippen LogP contribution is 2.29. The molecule has 0 aromatic heterocycles. The van der Waals surface area contributed by atoms with Gasteiger partial charge in [0.25, 0.3) is 0 Å². The van der Waals surface area contributed by atoms with E-state index >= 15 is 0 Å². The average Bonchev–Trinajstić information content (AvgIpc) is 2.99. The molecule has 0 saturated carbocycles. The molecule has 4 nitrogen and oxygen atoms in total. The summed E-state index contributed by atoms with van der Waals surface area (Å²) in [4.78, 5) is 5.01. The fourth-order valence-electron chi connectivity index (χ4n) is 3.37. The van der Waals surface area contributed by atoms with Crippen LogP contribution in [0.4, 0.5) is 0 Å². The Kier molecular flexibility index (Phi) is 4.91. The summed E-state index contributed by atoms with van der Waals surface area (Å²) >= 11 is 0. The number of aliphatic hydroxyl groups excluding tert-OH is 1. The van der Waals surface area contributed by atoms with Gasteiger partial charge in [-0.15, -0.1) is 0 Å². The van der Waals surface area contributed by atoms with E-state index in [0.717, 1.165) is 52.3 Å². The van der Waals surface area contributed by atoms with Crippen LogP contribution in [-0.2, 0) is 11.3 Å². The van der Waals surface area contributed by atoms with Crippen molar-refractivity contribution in [2.24, 2.45) is 5.41 Å². The Bertz CT molecular complexity index is 424. The largest absolute Gasteiger partial charge is 0.396 e. The first-order chi connectivity index (χ1) is 10.3. The van der Waals surface area contributed by atoms with Crippen molar-refractivity contribution in [1.29, 1.82) is 0 Å². The number of benzene rings is 1. The zero-order valence-electron chi connectivity index (χ0n) is 12.7. The van der Waals surface area contributed by atoms with E-state index in [1.165, 1.54) is 5.56 Å². The molecule has 3 rings (SSSR count). The van der Waals surface area contributed by atoms with Gasteiger partial charge in [0.05, 0.1) is 13.2 Å². The zero-order valence-corrected chi connectivity index (χ0v) is 12.7. The highest BCUT2D eigenvalue weighted by molar-refractivity contribution is 5.14. The van der Waals surface area contributed by atoms with E-state index < -0.39 is 0 Å². The van der Waals surface area contributed by atoms with Crippen molar-refractivity contribution < 1.29 is 9.84 Å². The molecule has 0 radical (unpaired) electrons. The molecule has 2 aliphatic rings. The SMILES string of the molecule is OCC1(CN2CCN(Cc3ccccc3)CC2)CCOC1. The third kappa shape index (κ3) is 3.83. The summed E-state index contributed by atoms with van der Waals surface area (Å²) in [5.41, 5.74) is 1.38. The molecule has 0 bridgehead atoms. The van der Waals surface area contributed by atoms with Gasteiger partial charge < -0.3 is 14.7 Å². The Hall–Kier alpha value is -0.940. The van der Waals surface area contributed by atoms with E-state index in [1.807, 2.05) is 0 Å². The van der Waals surface area contributed by atoms with Gasteiger partial charge in [0, 0.05) is 51.3 Å². The maximum atomic E-state index is 9.68. The Balaban J connectivity index is 1.47. The predicted molar refractivity (Wildman–Crippen MR) is 83.1 cm³/mol. The second-order valence-electron chi connectivity index (χ2n) is 6.50. The molecule has 2 saturated heterocycles. The summed E-state index contributed by atoms with van der Waals surface area (Å²) in [5, 5.41) is 9.68. The summed E-state index contributed by atoms with van der Waals surface area (Å²) in [6.07, 6.45) is 0.994. The number of hydrogen-bond donors (Lipinski definition) is 1. The maximum absolute atomic E-state index is 9.68. The van der Waals surface area contributed by atoms with Crippen LogP contribution in [0.5, 0.6) is 0 Å². The van der Waals surface area contributed by atoms with Crippen LogP contribution in [0.3, 0.4) is 0 Å². The van der Waals surface area contributed by atoms with Crippen LogP contribution in [0, 0.1) is 5.41 Å². The van der Waals surface area contributed by atoms with Gasteiger partial charge in [0.15, 0.2) is 0 Å². The van der Waals surface area contributed by atoms with Crippen LogP contribution in [0.2, 0.25) is 0 Å². The van der Waals surface area contributed by atoms with Crippen LogP contribution in [-0.4, -0.2) is 67.5 Å². The molecule has 0 aliphatic carbocycles. The normalized spacial score (nSPS) is 28.0. The first-order valence-corrected chi connectivity index (χ1v) is 7.97. The van der Waals surface area contributed by atoms with Crippen LogP contribution in [0.1, 0.15) is 12.0 Å². The van der Waals surface area contributed by atoms with Crippen molar-refractivity contribution in [2.75, 3.05) is 52.5 Å². The molecule has 1 unspecified atom stereocenters. The quantitative estimate of drug-likeness (QED) is 0.884. The standard InChI is InChI=1S/C17H26N2O2/c20-14-17(6-11-21-15-17)13-19-9-7-18(8-10-19)12-16-4-2-1-3-5-16/h1-5,20H,6-15H2. The molecule has 2 fully saturated rings. The van der Waals surface area contributed by atoms with Crippen LogP contribution < -0.4 is 0 Å². The van der Waals surface area contributed by atoms with Gasteiger partial charge in [-0.2, -0.15) is 0 Å². The number of hydrogen-bond acceptors (Lipinski definition) is 4. The molecular weight excluding hydrogens is 264 g/mol. The second kappa shape index (κ2) is 6.88. The van der Waals surface area contributed by atoms with Crippen molar-refractivity contribution in [3.8, 4) is 0 Å². The summed E-state index contributed by atoms with van der Waals surface area (Å²) in [6.45, 7) is 8.18. The second-order valence-corrected chi connectivity index (χ2v) is 6.50. The summed E-state index contributed by atoms with van der Waals surface area (Å²) < 4.78 is 5.50. The van der Waals surface area contributed by atoms with Crippen molar-refractivity contribution in [3.05, 3.63) is 35.9 Å². The smallest absolute Gasteiger partial charge is 0.0557 e. The van der Waals surface area contributed by atoms with E-state index in [-0.39, 0.29) is 12.0 Å². The van der Waals surface area contributed by atoms with E-state index in [9.17, 15) is 5.11 Å². The van der Waals surface area contributed by atoms with Crippen LogP contribution >= 0.6 is 0 Å². The predicted octanol–water partition coefficient (Wildman–Crippen LogP) is 1.20.